The van der Waals surface area contributed by atoms with Crippen molar-refractivity contribution in [2.45, 2.75) is 13.1 Å². The van der Waals surface area contributed by atoms with Crippen LogP contribution in [-0.2, 0) is 0 Å². The molecule has 0 saturated heterocycles. The van der Waals surface area contributed by atoms with Crippen LogP contribution >= 0.6 is 0 Å². The molecule has 1 unspecified atom stereocenters. The van der Waals surface area contributed by atoms with Crippen LogP contribution in [0.15, 0.2) is 163 Å². The maximum atomic E-state index is 6.47. The highest BCUT2D eigenvalue weighted by Gasteiger charge is 2.18. The van der Waals surface area contributed by atoms with E-state index < -0.39 is 0 Å². The van der Waals surface area contributed by atoms with Crippen LogP contribution in [0, 0.1) is 0 Å². The second kappa shape index (κ2) is 12.9. The Hall–Kier alpha value is -5.92. The molecule has 2 heterocycles. The van der Waals surface area contributed by atoms with Crippen LogP contribution in [0.3, 0.4) is 0 Å². The van der Waals surface area contributed by atoms with Crippen LogP contribution in [0.25, 0.3) is 66.1 Å². The number of allylic oxidation sites excluding steroid dienone is 3. The largest absolute Gasteiger partial charge is 0.401 e. The van der Waals surface area contributed by atoms with Gasteiger partial charge in [-0.2, -0.15) is 0 Å². The second-order valence-corrected chi connectivity index (χ2v) is 12.4. The standard InChI is InChI=1S/C43H38N6/c1-29(20-25-33(44)28-46-47-43(45)32-23-21-31(22-24-32)30-12-4-2-5-13-30)48-39-18-10-8-16-35(39)37-26-38-36-17-9-11-19-40(36)49(42(38)27-41(37)48)34-14-6-3-7-15-34/h2-27,43,46-47H,28,44-45H2,1H3/b29-20+,33-25-. The smallest absolute Gasteiger partial charge is 0.0938 e. The van der Waals surface area contributed by atoms with E-state index in [1.165, 1.54) is 38.1 Å². The van der Waals surface area contributed by atoms with Crippen molar-refractivity contribution in [3.63, 3.8) is 0 Å². The molecule has 49 heavy (non-hydrogen) atoms. The van der Waals surface area contributed by atoms with Gasteiger partial charge in [-0.25, -0.2) is 5.43 Å². The summed E-state index contributed by atoms with van der Waals surface area (Å²) in [6.07, 6.45) is 3.67. The van der Waals surface area contributed by atoms with Gasteiger partial charge in [0.05, 0.1) is 28.2 Å². The van der Waals surface area contributed by atoms with E-state index in [0.29, 0.717) is 12.2 Å². The van der Waals surface area contributed by atoms with Gasteiger partial charge in [0, 0.05) is 45.2 Å². The summed E-state index contributed by atoms with van der Waals surface area (Å²) < 4.78 is 4.70. The van der Waals surface area contributed by atoms with Gasteiger partial charge in [-0.3, -0.25) is 5.43 Å². The third-order valence-corrected chi connectivity index (χ3v) is 9.30. The van der Waals surface area contributed by atoms with Crippen LogP contribution in [0.5, 0.6) is 0 Å². The van der Waals surface area contributed by atoms with Crippen molar-refractivity contribution >= 4 is 49.3 Å². The molecule has 240 valence electrons. The van der Waals surface area contributed by atoms with Gasteiger partial charge < -0.3 is 20.6 Å². The minimum atomic E-state index is -0.379. The Morgan fingerprint density at radius 2 is 1.20 bits per heavy atom. The third kappa shape index (κ3) is 5.68. The molecule has 1 atom stereocenters. The second-order valence-electron chi connectivity index (χ2n) is 12.4. The fourth-order valence-corrected chi connectivity index (χ4v) is 6.89. The Labute approximate surface area is 285 Å². The van der Waals surface area contributed by atoms with E-state index in [9.17, 15) is 0 Å². The zero-order valence-electron chi connectivity index (χ0n) is 27.3. The molecule has 0 aliphatic carbocycles. The summed E-state index contributed by atoms with van der Waals surface area (Å²) in [6, 6.07) is 51.1. The van der Waals surface area contributed by atoms with E-state index in [0.717, 1.165) is 33.5 Å². The van der Waals surface area contributed by atoms with Crippen molar-refractivity contribution in [2.24, 2.45) is 11.5 Å². The number of fused-ring (bicyclic) bond motifs is 6. The lowest BCUT2D eigenvalue weighted by atomic mass is 10.0. The molecular formula is C43H38N6. The average molecular weight is 639 g/mol. The van der Waals surface area contributed by atoms with Gasteiger partial charge in [0.15, 0.2) is 0 Å². The fourth-order valence-electron chi connectivity index (χ4n) is 6.89. The SMILES string of the molecule is C/C(=C\C=C(/N)CNNC(N)c1ccc(-c2ccccc2)cc1)n1c2ccccc2c2cc3c4ccccc4n(-c4ccccc4)c3cc21. The normalized spacial score (nSPS) is 13.2. The Balaban J connectivity index is 1.08. The zero-order chi connectivity index (χ0) is 33.3. The highest BCUT2D eigenvalue weighted by molar-refractivity contribution is 6.19. The number of hydrogen-bond acceptors (Lipinski definition) is 4. The van der Waals surface area contributed by atoms with Crippen molar-refractivity contribution < 1.29 is 0 Å². The van der Waals surface area contributed by atoms with E-state index in [1.807, 2.05) is 36.4 Å². The summed E-state index contributed by atoms with van der Waals surface area (Å²) in [7, 11) is 0. The maximum absolute atomic E-state index is 6.47. The Bertz CT molecular complexity index is 2490. The van der Waals surface area contributed by atoms with Crippen molar-refractivity contribution in [2.75, 3.05) is 6.54 Å². The molecule has 0 aliphatic heterocycles. The predicted octanol–water partition coefficient (Wildman–Crippen LogP) is 9.01. The molecule has 0 saturated carbocycles. The van der Waals surface area contributed by atoms with Crippen molar-refractivity contribution in [1.29, 1.82) is 0 Å². The minimum Gasteiger partial charge on any atom is -0.401 e. The molecule has 6 heteroatoms. The van der Waals surface area contributed by atoms with Crippen LogP contribution < -0.4 is 22.3 Å². The molecule has 0 aliphatic rings. The van der Waals surface area contributed by atoms with E-state index in [1.54, 1.807) is 0 Å². The molecule has 6 nitrogen and oxygen atoms in total. The monoisotopic (exact) mass is 638 g/mol. The summed E-state index contributed by atoms with van der Waals surface area (Å²) in [4.78, 5) is 0. The number of aromatic nitrogens is 2. The van der Waals surface area contributed by atoms with Crippen molar-refractivity contribution in [1.82, 2.24) is 20.0 Å². The summed E-state index contributed by atoms with van der Waals surface area (Å²) in [5, 5.41) is 4.93. The van der Waals surface area contributed by atoms with E-state index >= 15 is 0 Å². The van der Waals surface area contributed by atoms with E-state index in [4.69, 9.17) is 11.5 Å². The predicted molar refractivity (Wildman–Crippen MR) is 206 cm³/mol. The van der Waals surface area contributed by atoms with Crippen LogP contribution in [0.2, 0.25) is 0 Å². The number of benzene rings is 6. The summed E-state index contributed by atoms with van der Waals surface area (Å²) in [6.45, 7) is 2.57. The summed E-state index contributed by atoms with van der Waals surface area (Å²) in [5.74, 6) is 0. The lowest BCUT2D eigenvalue weighted by molar-refractivity contribution is 0.464. The van der Waals surface area contributed by atoms with E-state index in [-0.39, 0.29) is 6.17 Å². The average Bonchev–Trinajstić information content (AvgIpc) is 3.65. The summed E-state index contributed by atoms with van der Waals surface area (Å²) in [5.41, 5.74) is 30.2. The van der Waals surface area contributed by atoms with Crippen LogP contribution in [-0.4, -0.2) is 15.7 Å². The van der Waals surface area contributed by atoms with E-state index in [2.05, 4.69) is 148 Å². The molecule has 2 aromatic heterocycles. The molecule has 8 rings (SSSR count). The van der Waals surface area contributed by atoms with Crippen molar-refractivity contribution in [3.05, 3.63) is 169 Å². The Morgan fingerprint density at radius 3 is 1.94 bits per heavy atom. The highest BCUT2D eigenvalue weighted by Crippen LogP contribution is 2.39. The summed E-state index contributed by atoms with van der Waals surface area (Å²) >= 11 is 0. The first-order valence-electron chi connectivity index (χ1n) is 16.6. The molecule has 6 N–H and O–H groups in total. The number of para-hydroxylation sites is 3. The van der Waals surface area contributed by atoms with Crippen molar-refractivity contribution in [3.8, 4) is 16.8 Å². The first kappa shape index (κ1) is 30.4. The highest BCUT2D eigenvalue weighted by atomic mass is 15.4. The quantitative estimate of drug-likeness (QED) is 0.0722. The molecule has 6 aromatic carbocycles. The van der Waals surface area contributed by atoms with Gasteiger partial charge in [0.1, 0.15) is 0 Å². The number of hydrazine groups is 1. The van der Waals surface area contributed by atoms with Crippen LogP contribution in [0.4, 0.5) is 0 Å². The zero-order valence-corrected chi connectivity index (χ0v) is 27.3. The third-order valence-electron chi connectivity index (χ3n) is 9.30. The molecule has 0 radical (unpaired) electrons. The van der Waals surface area contributed by atoms with Crippen LogP contribution in [0.1, 0.15) is 18.7 Å². The number of nitrogens with one attached hydrogen (secondary N) is 2. The van der Waals surface area contributed by atoms with Gasteiger partial charge in [0.2, 0.25) is 0 Å². The first-order chi connectivity index (χ1) is 24.1. The number of hydrogen-bond donors (Lipinski definition) is 4. The number of rotatable bonds is 9. The van der Waals surface area contributed by atoms with Gasteiger partial charge in [0.25, 0.3) is 0 Å². The lowest BCUT2D eigenvalue weighted by Crippen LogP contribution is -2.41. The van der Waals surface area contributed by atoms with Gasteiger partial charge >= 0.3 is 0 Å². The molecule has 0 fully saturated rings. The minimum absolute atomic E-state index is 0.379. The molecule has 0 spiro atoms. The number of nitrogens with two attached hydrogens (primary N) is 2. The Kier molecular flexibility index (Phi) is 8.03. The first-order valence-corrected chi connectivity index (χ1v) is 16.6. The molecule has 0 bridgehead atoms. The lowest BCUT2D eigenvalue weighted by Gasteiger charge is -2.16. The van der Waals surface area contributed by atoms with Gasteiger partial charge in [-0.1, -0.05) is 109 Å². The number of nitrogens with zero attached hydrogens (tertiary/aromatic N) is 2. The molecular weight excluding hydrogens is 601 g/mol. The topological polar surface area (TPSA) is 86.0 Å². The maximum Gasteiger partial charge on any atom is 0.0938 e. The molecule has 0 amide bonds. The van der Waals surface area contributed by atoms with Gasteiger partial charge in [-0.05, 0) is 72.2 Å². The van der Waals surface area contributed by atoms with Gasteiger partial charge in [-0.15, -0.1) is 0 Å². The molecule has 8 aromatic rings. The fraction of sp³-hybridized carbons (Fsp3) is 0.0698. The Morgan fingerprint density at radius 1 is 0.612 bits per heavy atom.